The molecule has 2 rings (SSSR count). The van der Waals surface area contributed by atoms with E-state index in [0.29, 0.717) is 12.5 Å². The SMILES string of the molecule is CN(C)CC(NC(=O)CCNC1CC1)c1ccccc1. The van der Waals surface area contributed by atoms with Crippen molar-refractivity contribution < 1.29 is 4.79 Å². The van der Waals surface area contributed by atoms with Crippen LogP contribution in [0, 0.1) is 0 Å². The van der Waals surface area contributed by atoms with Crippen LogP contribution in [0.5, 0.6) is 0 Å². The van der Waals surface area contributed by atoms with Crippen LogP contribution in [-0.4, -0.2) is 44.0 Å². The van der Waals surface area contributed by atoms with Gasteiger partial charge >= 0.3 is 0 Å². The summed E-state index contributed by atoms with van der Waals surface area (Å²) in [6, 6.07) is 10.9. The van der Waals surface area contributed by atoms with Gasteiger partial charge in [0, 0.05) is 25.6 Å². The third-order valence-corrected chi connectivity index (χ3v) is 3.45. The second kappa shape index (κ2) is 7.41. The second-order valence-corrected chi connectivity index (χ2v) is 5.77. The average Bonchev–Trinajstić information content (AvgIpc) is 3.23. The highest BCUT2D eigenvalue weighted by molar-refractivity contribution is 5.76. The lowest BCUT2D eigenvalue weighted by atomic mass is 10.1. The topological polar surface area (TPSA) is 44.4 Å². The molecule has 1 aromatic rings. The fraction of sp³-hybridized carbons (Fsp3) is 0.562. The van der Waals surface area contributed by atoms with E-state index in [-0.39, 0.29) is 11.9 Å². The first-order valence-corrected chi connectivity index (χ1v) is 7.37. The van der Waals surface area contributed by atoms with Gasteiger partial charge in [0.05, 0.1) is 6.04 Å². The molecule has 1 aliphatic carbocycles. The van der Waals surface area contributed by atoms with Crippen molar-refractivity contribution in [3.63, 3.8) is 0 Å². The summed E-state index contributed by atoms with van der Waals surface area (Å²) in [5.41, 5.74) is 1.16. The fourth-order valence-electron chi connectivity index (χ4n) is 2.23. The van der Waals surface area contributed by atoms with Crippen molar-refractivity contribution in [1.82, 2.24) is 15.5 Å². The maximum atomic E-state index is 12.0. The predicted octanol–water partition coefficient (Wildman–Crippen LogP) is 1.55. The molecule has 1 amide bonds. The van der Waals surface area contributed by atoms with E-state index in [1.54, 1.807) is 0 Å². The molecule has 1 unspecified atom stereocenters. The Morgan fingerprint density at radius 1 is 1.30 bits per heavy atom. The van der Waals surface area contributed by atoms with Crippen LogP contribution in [0.4, 0.5) is 0 Å². The van der Waals surface area contributed by atoms with E-state index < -0.39 is 0 Å². The summed E-state index contributed by atoms with van der Waals surface area (Å²) in [6.07, 6.45) is 3.07. The molecule has 0 aromatic heterocycles. The van der Waals surface area contributed by atoms with Gasteiger partial charge < -0.3 is 15.5 Å². The first-order chi connectivity index (χ1) is 9.65. The largest absolute Gasteiger partial charge is 0.348 e. The van der Waals surface area contributed by atoms with Gasteiger partial charge in [-0.05, 0) is 32.5 Å². The molecule has 0 spiro atoms. The first kappa shape index (κ1) is 15.0. The maximum Gasteiger partial charge on any atom is 0.221 e. The van der Waals surface area contributed by atoms with Gasteiger partial charge in [0.15, 0.2) is 0 Å². The van der Waals surface area contributed by atoms with Crippen LogP contribution in [0.3, 0.4) is 0 Å². The lowest BCUT2D eigenvalue weighted by Gasteiger charge is -2.23. The first-order valence-electron chi connectivity index (χ1n) is 7.37. The number of likely N-dealkylation sites (N-methyl/N-ethyl adjacent to an activating group) is 1. The van der Waals surface area contributed by atoms with E-state index >= 15 is 0 Å². The number of hydrogen-bond donors (Lipinski definition) is 2. The highest BCUT2D eigenvalue weighted by Crippen LogP contribution is 2.18. The van der Waals surface area contributed by atoms with E-state index in [1.165, 1.54) is 12.8 Å². The number of amides is 1. The molecule has 4 heteroatoms. The van der Waals surface area contributed by atoms with Crippen molar-refractivity contribution in [2.45, 2.75) is 31.3 Å². The highest BCUT2D eigenvalue weighted by Gasteiger charge is 2.20. The number of carbonyl (C=O) groups is 1. The minimum Gasteiger partial charge on any atom is -0.348 e. The summed E-state index contributed by atoms with van der Waals surface area (Å²) < 4.78 is 0. The predicted molar refractivity (Wildman–Crippen MR) is 81.5 cm³/mol. The molecule has 1 aromatic carbocycles. The Bertz CT molecular complexity index is 415. The van der Waals surface area contributed by atoms with Crippen LogP contribution < -0.4 is 10.6 Å². The normalized spacial score (nSPS) is 16.1. The maximum absolute atomic E-state index is 12.0. The Morgan fingerprint density at radius 2 is 2.00 bits per heavy atom. The van der Waals surface area contributed by atoms with Crippen LogP contribution in [-0.2, 0) is 4.79 Å². The standard InChI is InChI=1S/C16H25N3O/c1-19(2)12-15(13-6-4-3-5-7-13)18-16(20)10-11-17-14-8-9-14/h3-7,14-15,17H,8-12H2,1-2H3,(H,18,20). The lowest BCUT2D eigenvalue weighted by molar-refractivity contribution is -0.121. The van der Waals surface area contributed by atoms with Crippen molar-refractivity contribution in [2.24, 2.45) is 0 Å². The van der Waals surface area contributed by atoms with Crippen LogP contribution in [0.1, 0.15) is 30.9 Å². The van der Waals surface area contributed by atoms with Crippen LogP contribution in [0.25, 0.3) is 0 Å². The Hall–Kier alpha value is -1.39. The molecule has 20 heavy (non-hydrogen) atoms. The second-order valence-electron chi connectivity index (χ2n) is 5.77. The molecule has 0 heterocycles. The van der Waals surface area contributed by atoms with Crippen molar-refractivity contribution in [3.8, 4) is 0 Å². The number of benzene rings is 1. The van der Waals surface area contributed by atoms with E-state index in [0.717, 1.165) is 18.7 Å². The quantitative estimate of drug-likeness (QED) is 0.756. The summed E-state index contributed by atoms with van der Waals surface area (Å²) in [5.74, 6) is 0.119. The van der Waals surface area contributed by atoms with Crippen LogP contribution in [0.2, 0.25) is 0 Å². The minimum atomic E-state index is 0.0552. The van der Waals surface area contributed by atoms with Gasteiger partial charge in [0.1, 0.15) is 0 Å². The molecular formula is C16H25N3O. The summed E-state index contributed by atoms with van der Waals surface area (Å²) in [7, 11) is 4.05. The molecule has 1 fully saturated rings. The van der Waals surface area contributed by atoms with Crippen molar-refractivity contribution in [2.75, 3.05) is 27.2 Å². The molecule has 1 saturated carbocycles. The third kappa shape index (κ3) is 5.31. The van der Waals surface area contributed by atoms with Gasteiger partial charge in [-0.25, -0.2) is 0 Å². The number of nitrogens with one attached hydrogen (secondary N) is 2. The molecule has 0 aliphatic heterocycles. The minimum absolute atomic E-state index is 0.0552. The molecular weight excluding hydrogens is 250 g/mol. The molecule has 1 aliphatic rings. The number of nitrogens with zero attached hydrogens (tertiary/aromatic N) is 1. The molecule has 2 N–H and O–H groups in total. The molecule has 0 saturated heterocycles. The Labute approximate surface area is 121 Å². The monoisotopic (exact) mass is 275 g/mol. The van der Waals surface area contributed by atoms with E-state index in [1.807, 2.05) is 32.3 Å². The Morgan fingerprint density at radius 3 is 2.60 bits per heavy atom. The average molecular weight is 275 g/mol. The van der Waals surface area contributed by atoms with Gasteiger partial charge in [-0.2, -0.15) is 0 Å². The molecule has 110 valence electrons. The van der Waals surface area contributed by atoms with Crippen LogP contribution in [0.15, 0.2) is 30.3 Å². The number of carbonyl (C=O) groups excluding carboxylic acids is 1. The van der Waals surface area contributed by atoms with Crippen molar-refractivity contribution in [1.29, 1.82) is 0 Å². The fourth-order valence-corrected chi connectivity index (χ4v) is 2.23. The van der Waals surface area contributed by atoms with Gasteiger partial charge in [0.2, 0.25) is 5.91 Å². The van der Waals surface area contributed by atoms with E-state index in [4.69, 9.17) is 0 Å². The van der Waals surface area contributed by atoms with Crippen LogP contribution >= 0.6 is 0 Å². The zero-order valence-electron chi connectivity index (χ0n) is 12.4. The lowest BCUT2D eigenvalue weighted by Crippen LogP contribution is -2.36. The van der Waals surface area contributed by atoms with Gasteiger partial charge in [-0.1, -0.05) is 30.3 Å². The smallest absolute Gasteiger partial charge is 0.221 e. The summed E-state index contributed by atoms with van der Waals surface area (Å²) in [5, 5.41) is 6.51. The van der Waals surface area contributed by atoms with Crippen molar-refractivity contribution in [3.05, 3.63) is 35.9 Å². The van der Waals surface area contributed by atoms with E-state index in [2.05, 4.69) is 27.7 Å². The number of rotatable bonds is 8. The third-order valence-electron chi connectivity index (χ3n) is 3.45. The van der Waals surface area contributed by atoms with Gasteiger partial charge in [-0.3, -0.25) is 4.79 Å². The summed E-state index contributed by atoms with van der Waals surface area (Å²) >= 11 is 0. The summed E-state index contributed by atoms with van der Waals surface area (Å²) in [4.78, 5) is 14.1. The zero-order chi connectivity index (χ0) is 14.4. The zero-order valence-corrected chi connectivity index (χ0v) is 12.4. The highest BCUT2D eigenvalue weighted by atomic mass is 16.1. The summed E-state index contributed by atoms with van der Waals surface area (Å²) in [6.45, 7) is 1.59. The molecule has 0 radical (unpaired) electrons. The van der Waals surface area contributed by atoms with Crippen molar-refractivity contribution >= 4 is 5.91 Å². The number of hydrogen-bond acceptors (Lipinski definition) is 3. The molecule has 4 nitrogen and oxygen atoms in total. The molecule has 0 bridgehead atoms. The van der Waals surface area contributed by atoms with Gasteiger partial charge in [-0.15, -0.1) is 0 Å². The van der Waals surface area contributed by atoms with Gasteiger partial charge in [0.25, 0.3) is 0 Å². The molecule has 1 atom stereocenters. The Balaban J connectivity index is 1.84. The Kier molecular flexibility index (Phi) is 5.56. The van der Waals surface area contributed by atoms with E-state index in [9.17, 15) is 4.79 Å².